The number of anilines is 2. The molecule has 0 radical (unpaired) electrons. The molecule has 1 saturated heterocycles. The second-order valence-electron chi connectivity index (χ2n) is 4.97. The Labute approximate surface area is 136 Å². The zero-order valence-electron chi connectivity index (χ0n) is 11.8. The van der Waals surface area contributed by atoms with Crippen molar-refractivity contribution in [1.29, 1.82) is 5.26 Å². The zero-order valence-corrected chi connectivity index (χ0v) is 12.6. The number of carbonyl (C=O) groups is 1. The molecular weight excluding hydrogens is 321 g/mol. The molecular formula is C15H11ClFN5O. The highest BCUT2D eigenvalue weighted by Gasteiger charge is 2.33. The molecule has 2 aromatic rings. The van der Waals surface area contributed by atoms with E-state index in [4.69, 9.17) is 16.9 Å². The summed E-state index contributed by atoms with van der Waals surface area (Å²) < 4.78 is 13.5. The van der Waals surface area contributed by atoms with E-state index in [-0.39, 0.29) is 16.6 Å². The monoisotopic (exact) mass is 331 g/mol. The first-order valence-electron chi connectivity index (χ1n) is 6.83. The van der Waals surface area contributed by atoms with Crippen molar-refractivity contribution in [1.82, 2.24) is 9.97 Å². The van der Waals surface area contributed by atoms with Crippen LogP contribution in [0.5, 0.6) is 0 Å². The van der Waals surface area contributed by atoms with Gasteiger partial charge < -0.3 is 10.2 Å². The SMILES string of the molecule is N#Cc1cnc(NC2CCN(c3ccc(Cl)c(F)c3)C2=O)cn1. The zero-order chi connectivity index (χ0) is 16.4. The molecule has 0 bridgehead atoms. The van der Waals surface area contributed by atoms with Gasteiger partial charge in [-0.3, -0.25) is 4.79 Å². The normalized spacial score (nSPS) is 17.2. The maximum absolute atomic E-state index is 13.5. The Morgan fingerprint density at radius 3 is 2.87 bits per heavy atom. The first kappa shape index (κ1) is 15.2. The lowest BCUT2D eigenvalue weighted by Gasteiger charge is -2.17. The number of rotatable bonds is 3. The van der Waals surface area contributed by atoms with Crippen molar-refractivity contribution in [3.8, 4) is 6.07 Å². The fourth-order valence-electron chi connectivity index (χ4n) is 2.36. The predicted molar refractivity (Wildman–Crippen MR) is 82.5 cm³/mol. The molecule has 0 saturated carbocycles. The molecule has 0 spiro atoms. The number of aromatic nitrogens is 2. The maximum atomic E-state index is 13.5. The van der Waals surface area contributed by atoms with E-state index in [1.165, 1.54) is 29.4 Å². The molecule has 8 heteroatoms. The molecule has 1 aromatic carbocycles. The van der Waals surface area contributed by atoms with Crippen molar-refractivity contribution in [3.05, 3.63) is 47.1 Å². The smallest absolute Gasteiger partial charge is 0.249 e. The van der Waals surface area contributed by atoms with Crippen molar-refractivity contribution >= 4 is 29.0 Å². The number of hydrogen-bond acceptors (Lipinski definition) is 5. The summed E-state index contributed by atoms with van der Waals surface area (Å²) in [7, 11) is 0. The van der Waals surface area contributed by atoms with Gasteiger partial charge in [0.05, 0.1) is 17.4 Å². The van der Waals surface area contributed by atoms with Crippen LogP contribution in [0, 0.1) is 17.1 Å². The second kappa shape index (κ2) is 6.18. The third-order valence-corrected chi connectivity index (χ3v) is 3.82. The lowest BCUT2D eigenvalue weighted by atomic mass is 10.2. The summed E-state index contributed by atoms with van der Waals surface area (Å²) in [5, 5.41) is 11.7. The van der Waals surface area contributed by atoms with Crippen LogP contribution in [0.2, 0.25) is 5.02 Å². The van der Waals surface area contributed by atoms with Gasteiger partial charge in [0.25, 0.3) is 0 Å². The van der Waals surface area contributed by atoms with Crippen molar-refractivity contribution in [2.24, 2.45) is 0 Å². The molecule has 1 atom stereocenters. The molecule has 2 heterocycles. The molecule has 23 heavy (non-hydrogen) atoms. The van der Waals surface area contributed by atoms with Gasteiger partial charge in [0, 0.05) is 12.2 Å². The Kier molecular flexibility index (Phi) is 4.08. The summed E-state index contributed by atoms with van der Waals surface area (Å²) >= 11 is 5.66. The third kappa shape index (κ3) is 3.07. The fourth-order valence-corrected chi connectivity index (χ4v) is 2.48. The Morgan fingerprint density at radius 1 is 1.39 bits per heavy atom. The minimum absolute atomic E-state index is 0.0166. The predicted octanol–water partition coefficient (Wildman–Crippen LogP) is 2.36. The summed E-state index contributed by atoms with van der Waals surface area (Å²) in [6.45, 7) is 0.460. The van der Waals surface area contributed by atoms with Gasteiger partial charge in [-0.15, -0.1) is 0 Å². The van der Waals surface area contributed by atoms with E-state index in [1.807, 2.05) is 6.07 Å². The Morgan fingerprint density at radius 2 is 2.22 bits per heavy atom. The fraction of sp³-hybridized carbons (Fsp3) is 0.200. The number of benzene rings is 1. The van der Waals surface area contributed by atoms with Crippen LogP contribution in [0.4, 0.5) is 15.9 Å². The first-order valence-corrected chi connectivity index (χ1v) is 7.21. The van der Waals surface area contributed by atoms with Gasteiger partial charge in [-0.25, -0.2) is 14.4 Å². The van der Waals surface area contributed by atoms with Crippen LogP contribution in [0.3, 0.4) is 0 Å². The maximum Gasteiger partial charge on any atom is 0.249 e. The van der Waals surface area contributed by atoms with E-state index >= 15 is 0 Å². The Hall–Kier alpha value is -2.72. The highest BCUT2D eigenvalue weighted by atomic mass is 35.5. The van der Waals surface area contributed by atoms with Crippen molar-refractivity contribution < 1.29 is 9.18 Å². The molecule has 0 aliphatic carbocycles. The van der Waals surface area contributed by atoms with Gasteiger partial charge in [-0.05, 0) is 24.6 Å². The largest absolute Gasteiger partial charge is 0.357 e. The molecule has 3 rings (SSSR count). The van der Waals surface area contributed by atoms with E-state index in [2.05, 4.69) is 15.3 Å². The van der Waals surface area contributed by atoms with Crippen LogP contribution in [0.15, 0.2) is 30.6 Å². The number of hydrogen-bond donors (Lipinski definition) is 1. The van der Waals surface area contributed by atoms with Gasteiger partial charge in [-0.2, -0.15) is 5.26 Å². The number of amides is 1. The summed E-state index contributed by atoms with van der Waals surface area (Å²) in [5.74, 6) is -0.337. The minimum Gasteiger partial charge on any atom is -0.357 e. The molecule has 1 amide bonds. The van der Waals surface area contributed by atoms with Gasteiger partial charge in [0.2, 0.25) is 5.91 Å². The summed E-state index contributed by atoms with van der Waals surface area (Å²) in [5.41, 5.74) is 0.665. The Bertz CT molecular complexity index is 789. The van der Waals surface area contributed by atoms with E-state index in [0.29, 0.717) is 24.5 Å². The average molecular weight is 332 g/mol. The molecule has 1 fully saturated rings. The minimum atomic E-state index is -0.564. The average Bonchev–Trinajstić information content (AvgIpc) is 2.92. The van der Waals surface area contributed by atoms with Gasteiger partial charge in [0.15, 0.2) is 5.69 Å². The number of nitrogens with zero attached hydrogens (tertiary/aromatic N) is 4. The molecule has 1 unspecified atom stereocenters. The standard InChI is InChI=1S/C15H11ClFN5O/c16-11-2-1-10(5-12(11)17)22-4-3-13(15(22)23)21-14-8-19-9(6-18)7-20-14/h1-2,5,7-8,13H,3-4H2,(H,20,21). The number of halogens is 2. The topological polar surface area (TPSA) is 81.9 Å². The van der Waals surface area contributed by atoms with E-state index in [1.54, 1.807) is 6.07 Å². The molecule has 1 aliphatic rings. The molecule has 6 nitrogen and oxygen atoms in total. The van der Waals surface area contributed by atoms with Crippen LogP contribution in [0.25, 0.3) is 0 Å². The van der Waals surface area contributed by atoms with Gasteiger partial charge in [0.1, 0.15) is 23.7 Å². The van der Waals surface area contributed by atoms with Crippen LogP contribution in [-0.2, 0) is 4.79 Å². The lowest BCUT2D eigenvalue weighted by molar-refractivity contribution is -0.117. The summed E-state index contributed by atoms with van der Waals surface area (Å²) in [6, 6.07) is 5.66. The van der Waals surface area contributed by atoms with Crippen molar-refractivity contribution in [3.63, 3.8) is 0 Å². The highest BCUT2D eigenvalue weighted by molar-refractivity contribution is 6.30. The lowest BCUT2D eigenvalue weighted by Crippen LogP contribution is -2.33. The second-order valence-corrected chi connectivity index (χ2v) is 5.38. The third-order valence-electron chi connectivity index (χ3n) is 3.51. The number of carbonyl (C=O) groups excluding carboxylic acids is 1. The molecule has 1 aromatic heterocycles. The van der Waals surface area contributed by atoms with Crippen LogP contribution in [-0.4, -0.2) is 28.5 Å². The van der Waals surface area contributed by atoms with E-state index < -0.39 is 11.9 Å². The van der Waals surface area contributed by atoms with Crippen LogP contribution < -0.4 is 10.2 Å². The van der Waals surface area contributed by atoms with Gasteiger partial charge >= 0.3 is 0 Å². The quantitative estimate of drug-likeness (QED) is 0.933. The van der Waals surface area contributed by atoms with E-state index in [9.17, 15) is 9.18 Å². The number of nitriles is 1. The molecule has 1 aliphatic heterocycles. The van der Waals surface area contributed by atoms with Crippen LogP contribution in [0.1, 0.15) is 12.1 Å². The van der Waals surface area contributed by atoms with Crippen molar-refractivity contribution in [2.45, 2.75) is 12.5 Å². The highest BCUT2D eigenvalue weighted by Crippen LogP contribution is 2.26. The molecule has 1 N–H and O–H groups in total. The first-order chi connectivity index (χ1) is 11.1. The van der Waals surface area contributed by atoms with E-state index in [0.717, 1.165) is 0 Å². The number of nitrogens with one attached hydrogen (secondary N) is 1. The molecule has 116 valence electrons. The summed E-state index contributed by atoms with van der Waals surface area (Å²) in [4.78, 5) is 21.8. The Balaban J connectivity index is 1.73. The van der Waals surface area contributed by atoms with Gasteiger partial charge in [-0.1, -0.05) is 11.6 Å². The van der Waals surface area contributed by atoms with Crippen LogP contribution >= 0.6 is 11.6 Å². The van der Waals surface area contributed by atoms with Crippen molar-refractivity contribution in [2.75, 3.05) is 16.8 Å². The summed E-state index contributed by atoms with van der Waals surface area (Å²) in [6.07, 6.45) is 3.27.